The predicted molar refractivity (Wildman–Crippen MR) is 119 cm³/mol. The molecule has 2 amide bonds. The van der Waals surface area contributed by atoms with Crippen LogP contribution in [0.4, 0.5) is 10.1 Å². The molecule has 3 N–H and O–H groups in total. The lowest BCUT2D eigenvalue weighted by Crippen LogP contribution is -3.14. The Kier molecular flexibility index (Phi) is 7.76. The topological polar surface area (TPSA) is 58.3 Å². The minimum absolute atomic E-state index is 0.0569. The lowest BCUT2D eigenvalue weighted by molar-refractivity contribution is -0.917. The first kappa shape index (κ1) is 22.9. The van der Waals surface area contributed by atoms with Gasteiger partial charge in [-0.2, -0.15) is 0 Å². The molecule has 1 heterocycles. The number of amides is 2. The fourth-order valence-electron chi connectivity index (χ4n) is 3.98. The normalized spacial score (nSPS) is 15.5. The smallest absolute Gasteiger partial charge is 0.279 e. The highest BCUT2D eigenvalue weighted by Gasteiger charge is 2.26. The monoisotopic (exact) mass is 428 g/mol. The summed E-state index contributed by atoms with van der Waals surface area (Å²) in [6, 6.07) is 13.3. The standard InChI is InChI=1S/C24H31FN4O2/c1-18-5-4-6-20(13-18)15-28-9-11-29(12-10-28)24(31)17-27(3)16-23(30)26-22-8-7-19(2)14-21(22)25/h4-8,13-14H,9-12,15-17H2,1-3H3,(H,26,30)/p+2. The van der Waals surface area contributed by atoms with E-state index in [2.05, 4.69) is 36.5 Å². The van der Waals surface area contributed by atoms with Gasteiger partial charge < -0.3 is 20.0 Å². The number of quaternary nitrogens is 2. The molecule has 0 bridgehead atoms. The molecule has 0 aliphatic carbocycles. The number of nitrogens with one attached hydrogen (secondary N) is 3. The van der Waals surface area contributed by atoms with Gasteiger partial charge in [0.25, 0.3) is 11.8 Å². The summed E-state index contributed by atoms with van der Waals surface area (Å²) in [4.78, 5) is 29.0. The Hall–Kier alpha value is -2.77. The van der Waals surface area contributed by atoms with Gasteiger partial charge in [0.15, 0.2) is 13.1 Å². The first-order valence-electron chi connectivity index (χ1n) is 10.8. The average molecular weight is 429 g/mol. The molecular formula is C24H33FN4O2+2. The molecule has 2 aromatic carbocycles. The molecule has 166 valence electrons. The van der Waals surface area contributed by atoms with Gasteiger partial charge in [0.2, 0.25) is 0 Å². The molecule has 1 atom stereocenters. The number of halogens is 1. The van der Waals surface area contributed by atoms with E-state index in [9.17, 15) is 14.0 Å². The molecule has 0 saturated carbocycles. The van der Waals surface area contributed by atoms with Crippen LogP contribution in [0.5, 0.6) is 0 Å². The van der Waals surface area contributed by atoms with Crippen LogP contribution >= 0.6 is 0 Å². The Labute approximate surface area is 183 Å². The number of aryl methyl sites for hydroxylation is 2. The van der Waals surface area contributed by atoms with Crippen molar-refractivity contribution in [1.82, 2.24) is 4.90 Å². The molecule has 31 heavy (non-hydrogen) atoms. The summed E-state index contributed by atoms with van der Waals surface area (Å²) in [6.45, 7) is 8.53. The average Bonchev–Trinajstić information content (AvgIpc) is 2.70. The molecule has 0 spiro atoms. The van der Waals surface area contributed by atoms with E-state index in [0.717, 1.165) is 43.2 Å². The maximum Gasteiger partial charge on any atom is 0.279 e. The van der Waals surface area contributed by atoms with Crippen molar-refractivity contribution < 1.29 is 23.8 Å². The molecule has 3 rings (SSSR count). The van der Waals surface area contributed by atoms with E-state index in [0.29, 0.717) is 0 Å². The number of piperazine rings is 1. The third-order valence-electron chi connectivity index (χ3n) is 5.67. The van der Waals surface area contributed by atoms with Crippen molar-refractivity contribution in [3.63, 3.8) is 0 Å². The predicted octanol–water partition coefficient (Wildman–Crippen LogP) is -0.177. The summed E-state index contributed by atoms with van der Waals surface area (Å²) >= 11 is 0. The van der Waals surface area contributed by atoms with E-state index in [1.165, 1.54) is 22.1 Å². The number of carbonyl (C=O) groups is 2. The second-order valence-electron chi connectivity index (χ2n) is 8.64. The molecule has 6 nitrogen and oxygen atoms in total. The molecule has 7 heteroatoms. The number of hydrogen-bond acceptors (Lipinski definition) is 2. The van der Waals surface area contributed by atoms with Gasteiger partial charge in [-0.15, -0.1) is 0 Å². The van der Waals surface area contributed by atoms with Gasteiger partial charge in [0.05, 0.1) is 38.9 Å². The number of benzene rings is 2. The first-order chi connectivity index (χ1) is 14.8. The van der Waals surface area contributed by atoms with Crippen LogP contribution in [0, 0.1) is 19.7 Å². The van der Waals surface area contributed by atoms with Crippen molar-refractivity contribution in [3.8, 4) is 0 Å². The molecule has 0 aromatic heterocycles. The maximum atomic E-state index is 13.9. The third-order valence-corrected chi connectivity index (χ3v) is 5.67. The highest BCUT2D eigenvalue weighted by atomic mass is 19.1. The van der Waals surface area contributed by atoms with Crippen molar-refractivity contribution in [2.24, 2.45) is 0 Å². The zero-order valence-corrected chi connectivity index (χ0v) is 18.6. The third kappa shape index (κ3) is 6.87. The number of rotatable bonds is 7. The van der Waals surface area contributed by atoms with Gasteiger partial charge in [0.1, 0.15) is 12.4 Å². The van der Waals surface area contributed by atoms with Crippen LogP contribution in [0.2, 0.25) is 0 Å². The van der Waals surface area contributed by atoms with Crippen LogP contribution in [-0.2, 0) is 16.1 Å². The van der Waals surface area contributed by atoms with E-state index < -0.39 is 5.82 Å². The van der Waals surface area contributed by atoms with Crippen molar-refractivity contribution >= 4 is 17.5 Å². The number of likely N-dealkylation sites (N-methyl/N-ethyl adjacent to an activating group) is 1. The number of carbonyl (C=O) groups excluding carboxylic acids is 2. The molecule has 1 aliphatic rings. The summed E-state index contributed by atoms with van der Waals surface area (Å²) in [5.74, 6) is -0.699. The molecule has 2 aromatic rings. The van der Waals surface area contributed by atoms with Gasteiger partial charge >= 0.3 is 0 Å². The summed E-state index contributed by atoms with van der Waals surface area (Å²) in [6.07, 6.45) is 0. The van der Waals surface area contributed by atoms with Gasteiger partial charge in [0, 0.05) is 5.56 Å². The molecule has 1 unspecified atom stereocenters. The zero-order chi connectivity index (χ0) is 22.4. The van der Waals surface area contributed by atoms with Crippen LogP contribution in [0.25, 0.3) is 0 Å². The molecular weight excluding hydrogens is 395 g/mol. The van der Waals surface area contributed by atoms with Gasteiger partial charge in [-0.25, -0.2) is 4.39 Å². The van der Waals surface area contributed by atoms with E-state index in [1.54, 1.807) is 19.1 Å². The van der Waals surface area contributed by atoms with E-state index in [4.69, 9.17) is 0 Å². The van der Waals surface area contributed by atoms with Crippen LogP contribution in [0.15, 0.2) is 42.5 Å². The summed E-state index contributed by atoms with van der Waals surface area (Å²) in [7, 11) is 1.81. The number of nitrogens with zero attached hydrogens (tertiary/aromatic N) is 1. The van der Waals surface area contributed by atoms with Crippen LogP contribution < -0.4 is 15.1 Å². The maximum absolute atomic E-state index is 13.9. The van der Waals surface area contributed by atoms with Crippen molar-refractivity contribution in [3.05, 3.63) is 65.0 Å². The van der Waals surface area contributed by atoms with Gasteiger partial charge in [-0.3, -0.25) is 9.59 Å². The van der Waals surface area contributed by atoms with E-state index in [-0.39, 0.29) is 30.6 Å². The molecule has 1 saturated heterocycles. The molecule has 0 radical (unpaired) electrons. The Morgan fingerprint density at radius 3 is 2.45 bits per heavy atom. The van der Waals surface area contributed by atoms with Crippen molar-refractivity contribution in [2.75, 3.05) is 51.6 Å². The summed E-state index contributed by atoms with van der Waals surface area (Å²) in [5.41, 5.74) is 3.56. The Bertz CT molecular complexity index is 926. The van der Waals surface area contributed by atoms with Crippen LogP contribution in [0.3, 0.4) is 0 Å². The summed E-state index contributed by atoms with van der Waals surface area (Å²) < 4.78 is 13.9. The minimum Gasteiger partial charge on any atom is -0.328 e. The molecule has 1 fully saturated rings. The van der Waals surface area contributed by atoms with Crippen molar-refractivity contribution in [2.45, 2.75) is 20.4 Å². The zero-order valence-electron chi connectivity index (χ0n) is 18.6. The fourth-order valence-corrected chi connectivity index (χ4v) is 3.98. The fraction of sp³-hybridized carbons (Fsp3) is 0.417. The Morgan fingerprint density at radius 2 is 1.77 bits per heavy atom. The van der Waals surface area contributed by atoms with E-state index >= 15 is 0 Å². The lowest BCUT2D eigenvalue weighted by Gasteiger charge is -2.32. The second-order valence-corrected chi connectivity index (χ2v) is 8.64. The second kappa shape index (κ2) is 10.5. The van der Waals surface area contributed by atoms with Crippen LogP contribution in [0.1, 0.15) is 16.7 Å². The Balaban J connectivity index is 1.41. The highest BCUT2D eigenvalue weighted by molar-refractivity contribution is 5.91. The molecule has 1 aliphatic heterocycles. The number of anilines is 1. The SMILES string of the molecule is Cc1cccc(C[NH+]2CCN(C(=O)C[NH+](C)CC(=O)Nc3ccc(C)cc3F)CC2)c1. The quantitative estimate of drug-likeness (QED) is 0.573. The van der Waals surface area contributed by atoms with Crippen LogP contribution in [-0.4, -0.2) is 63.0 Å². The summed E-state index contributed by atoms with van der Waals surface area (Å²) in [5, 5.41) is 2.59. The van der Waals surface area contributed by atoms with Crippen molar-refractivity contribution in [1.29, 1.82) is 0 Å². The first-order valence-corrected chi connectivity index (χ1v) is 10.8. The lowest BCUT2D eigenvalue weighted by atomic mass is 10.1. The van der Waals surface area contributed by atoms with E-state index in [1.807, 2.05) is 11.9 Å². The van der Waals surface area contributed by atoms with Gasteiger partial charge in [-0.05, 0) is 31.5 Å². The Morgan fingerprint density at radius 1 is 1.06 bits per heavy atom. The largest absolute Gasteiger partial charge is 0.328 e. The highest BCUT2D eigenvalue weighted by Crippen LogP contribution is 2.14. The number of hydrogen-bond donors (Lipinski definition) is 3. The minimum atomic E-state index is -0.451. The van der Waals surface area contributed by atoms with Gasteiger partial charge in [-0.1, -0.05) is 35.9 Å².